The lowest BCUT2D eigenvalue weighted by atomic mass is 10.1. The maximum Gasteiger partial charge on any atom is 0.416 e. The van der Waals surface area contributed by atoms with E-state index in [0.717, 1.165) is 0 Å². The molecule has 0 aromatic rings. The Labute approximate surface area is 199 Å². The van der Waals surface area contributed by atoms with Gasteiger partial charge in [0.2, 0.25) is 0 Å². The van der Waals surface area contributed by atoms with E-state index in [-0.39, 0.29) is 25.2 Å². The number of ether oxygens (including phenoxy) is 4. The number of cyclic esters (lactones) is 8. The number of hydrogen-bond donors (Lipinski definition) is 0. The predicted molar refractivity (Wildman–Crippen MR) is 91.5 cm³/mol. The third-order valence-electron chi connectivity index (χ3n) is 4.21. The van der Waals surface area contributed by atoms with Crippen LogP contribution in [0.1, 0.15) is 32.6 Å². The van der Waals surface area contributed by atoms with Crippen LogP contribution in [0, 0.1) is 11.8 Å². The zero-order valence-corrected chi connectivity index (χ0v) is 18.0. The van der Waals surface area contributed by atoms with Crippen molar-refractivity contribution in [2.75, 3.05) is 0 Å². The Hall–Kier alpha value is -3.93. The standard InChI is InChI=1S/C5H3F3O3.C5H6O3.C4F4O3.C4H4O3/c6-5(7,8)2-1-3(9)11-4(2)10;1-3-2-4(6)8-5(3)7;5-3(6)1(9)11-2(10)4(3,7)8;5-3-1-2-4(6)7-3/h2H,1H2;3H,2H2,1H3;;1-2H2. The van der Waals surface area contributed by atoms with Crippen molar-refractivity contribution in [1.82, 2.24) is 0 Å². The molecule has 0 aromatic carbocycles. The Morgan fingerprint density at radius 3 is 1.16 bits per heavy atom. The summed E-state index contributed by atoms with van der Waals surface area (Å²) in [4.78, 5) is 80.7. The molecule has 4 aliphatic rings. The minimum atomic E-state index is -5.02. The van der Waals surface area contributed by atoms with Crippen molar-refractivity contribution in [3.05, 3.63) is 0 Å². The van der Waals surface area contributed by atoms with Gasteiger partial charge >= 0.3 is 65.8 Å². The highest BCUT2D eigenvalue weighted by Gasteiger charge is 2.75. The normalized spacial score (nSPS) is 25.5. The van der Waals surface area contributed by atoms with Gasteiger partial charge in [-0.05, 0) is 0 Å². The van der Waals surface area contributed by atoms with Crippen molar-refractivity contribution in [3.63, 3.8) is 0 Å². The molecule has 19 heteroatoms. The molecule has 0 amide bonds. The van der Waals surface area contributed by atoms with Crippen LogP contribution in [0.3, 0.4) is 0 Å². The van der Waals surface area contributed by atoms with Crippen molar-refractivity contribution in [2.45, 2.75) is 50.6 Å². The zero-order valence-electron chi connectivity index (χ0n) is 18.0. The molecule has 0 N–H and O–H groups in total. The molecule has 2 atom stereocenters. The van der Waals surface area contributed by atoms with Crippen LogP contribution in [-0.2, 0) is 57.3 Å². The van der Waals surface area contributed by atoms with Crippen LogP contribution in [0.15, 0.2) is 0 Å². The zero-order chi connectivity index (χ0) is 28.9. The van der Waals surface area contributed by atoms with Crippen molar-refractivity contribution in [3.8, 4) is 0 Å². The van der Waals surface area contributed by atoms with Gasteiger partial charge in [0, 0.05) is 0 Å². The first-order valence-electron chi connectivity index (χ1n) is 9.51. The van der Waals surface area contributed by atoms with E-state index in [2.05, 4.69) is 18.9 Å². The number of alkyl halides is 7. The number of esters is 8. The Balaban J connectivity index is 0.000000251. The summed E-state index contributed by atoms with van der Waals surface area (Å²) in [5, 5.41) is 0. The fourth-order valence-corrected chi connectivity index (χ4v) is 2.21. The van der Waals surface area contributed by atoms with Gasteiger partial charge in [0.25, 0.3) is 0 Å². The van der Waals surface area contributed by atoms with E-state index < -0.39 is 78.1 Å². The number of rotatable bonds is 0. The molecule has 4 saturated heterocycles. The highest BCUT2D eigenvalue weighted by molar-refractivity contribution is 6.03. The topological polar surface area (TPSA) is 173 Å². The molecule has 0 radical (unpaired) electrons. The largest absolute Gasteiger partial charge is 0.416 e. The van der Waals surface area contributed by atoms with Gasteiger partial charge in [-0.2, -0.15) is 30.7 Å². The molecule has 0 spiro atoms. The number of hydrogen-bond acceptors (Lipinski definition) is 12. The SMILES string of the molecule is CC1CC(=O)OC1=O.O=C1CC(C(F)(F)F)C(=O)O1.O=C1CCC(=O)O1.O=C1OC(=O)C(F)(F)C1(F)F. The van der Waals surface area contributed by atoms with E-state index >= 15 is 0 Å². The Bertz CT molecular complexity index is 979. The average molecular weight is 554 g/mol. The first-order valence-corrected chi connectivity index (χ1v) is 9.51. The molecule has 4 rings (SSSR count). The van der Waals surface area contributed by atoms with Crippen LogP contribution in [0.4, 0.5) is 30.7 Å². The predicted octanol–water partition coefficient (Wildman–Crippen LogP) is 0.925. The Morgan fingerprint density at radius 1 is 0.622 bits per heavy atom. The van der Waals surface area contributed by atoms with Gasteiger partial charge in [-0.25, -0.2) is 9.59 Å². The molecular formula is C18H13F7O12. The molecule has 4 heterocycles. The third kappa shape index (κ3) is 8.04. The van der Waals surface area contributed by atoms with Crippen molar-refractivity contribution < 1.29 is 88.0 Å². The van der Waals surface area contributed by atoms with E-state index in [9.17, 15) is 69.1 Å². The average Bonchev–Trinajstić information content (AvgIpc) is 3.42. The molecule has 0 aliphatic carbocycles. The van der Waals surface area contributed by atoms with E-state index in [0.29, 0.717) is 0 Å². The summed E-state index contributed by atoms with van der Waals surface area (Å²) in [6.07, 6.45) is -4.78. The second-order valence-corrected chi connectivity index (χ2v) is 7.16. The summed E-state index contributed by atoms with van der Waals surface area (Å²) in [5.41, 5.74) is 0. The lowest BCUT2D eigenvalue weighted by Crippen LogP contribution is -2.43. The van der Waals surface area contributed by atoms with Gasteiger partial charge < -0.3 is 18.9 Å². The second-order valence-electron chi connectivity index (χ2n) is 7.16. The maximum atomic E-state index is 11.9. The number of carbonyl (C=O) groups is 8. The van der Waals surface area contributed by atoms with Crippen LogP contribution in [0.25, 0.3) is 0 Å². The number of halogens is 7. The smallest absolute Gasteiger partial charge is 0.393 e. The molecule has 0 bridgehead atoms. The van der Waals surface area contributed by atoms with Crippen molar-refractivity contribution >= 4 is 47.8 Å². The maximum absolute atomic E-state index is 11.9. The molecule has 0 saturated carbocycles. The van der Waals surface area contributed by atoms with Crippen LogP contribution >= 0.6 is 0 Å². The van der Waals surface area contributed by atoms with Crippen molar-refractivity contribution in [2.24, 2.45) is 11.8 Å². The van der Waals surface area contributed by atoms with Crippen molar-refractivity contribution in [1.29, 1.82) is 0 Å². The van der Waals surface area contributed by atoms with Gasteiger partial charge in [0.1, 0.15) is 0 Å². The number of carbonyl (C=O) groups excluding carboxylic acids is 8. The highest BCUT2D eigenvalue weighted by atomic mass is 19.4. The van der Waals surface area contributed by atoms with E-state index in [1.54, 1.807) is 6.92 Å². The van der Waals surface area contributed by atoms with Gasteiger partial charge in [0.15, 0.2) is 5.92 Å². The lowest BCUT2D eigenvalue weighted by Gasteiger charge is -2.09. The van der Waals surface area contributed by atoms with Gasteiger partial charge in [-0.15, -0.1) is 0 Å². The molecule has 37 heavy (non-hydrogen) atoms. The molecule has 0 aromatic heterocycles. The summed E-state index contributed by atoms with van der Waals surface area (Å²) in [5.74, 6) is -21.7. The molecule has 4 fully saturated rings. The van der Waals surface area contributed by atoms with Crippen LogP contribution in [-0.4, -0.2) is 65.8 Å². The van der Waals surface area contributed by atoms with Gasteiger partial charge in [-0.1, -0.05) is 6.92 Å². The van der Waals surface area contributed by atoms with Gasteiger partial charge in [-0.3, -0.25) is 28.8 Å². The Morgan fingerprint density at radius 2 is 1.03 bits per heavy atom. The summed E-state index contributed by atoms with van der Waals surface area (Å²) >= 11 is 0. The summed E-state index contributed by atoms with van der Waals surface area (Å²) < 4.78 is 97.9. The monoisotopic (exact) mass is 554 g/mol. The highest BCUT2D eigenvalue weighted by Crippen LogP contribution is 2.41. The summed E-state index contributed by atoms with van der Waals surface area (Å²) in [7, 11) is 0. The first-order chi connectivity index (χ1) is 16.7. The molecular weight excluding hydrogens is 541 g/mol. The second kappa shape index (κ2) is 11.4. The molecule has 2 unspecified atom stereocenters. The lowest BCUT2D eigenvalue weighted by molar-refractivity contribution is -0.192. The molecule has 12 nitrogen and oxygen atoms in total. The third-order valence-corrected chi connectivity index (χ3v) is 4.21. The van der Waals surface area contributed by atoms with E-state index in [4.69, 9.17) is 0 Å². The molecule has 4 aliphatic heterocycles. The van der Waals surface area contributed by atoms with Crippen LogP contribution in [0.5, 0.6) is 0 Å². The van der Waals surface area contributed by atoms with Gasteiger partial charge in [0.05, 0.1) is 31.6 Å². The molecule has 206 valence electrons. The van der Waals surface area contributed by atoms with Crippen LogP contribution in [0.2, 0.25) is 0 Å². The van der Waals surface area contributed by atoms with E-state index in [1.807, 2.05) is 0 Å². The summed E-state index contributed by atoms with van der Waals surface area (Å²) in [6, 6.07) is 0. The minimum Gasteiger partial charge on any atom is -0.393 e. The Kier molecular flexibility index (Phi) is 9.60. The minimum absolute atomic E-state index is 0.220. The fraction of sp³-hybridized carbons (Fsp3) is 0.556. The quantitative estimate of drug-likeness (QED) is 0.180. The van der Waals surface area contributed by atoms with Crippen LogP contribution < -0.4 is 0 Å². The summed E-state index contributed by atoms with van der Waals surface area (Å²) in [6.45, 7) is 1.67. The van der Waals surface area contributed by atoms with E-state index in [1.165, 1.54) is 0 Å². The first kappa shape index (κ1) is 31.1. The fourth-order valence-electron chi connectivity index (χ4n) is 2.21.